The van der Waals surface area contributed by atoms with E-state index in [1.54, 1.807) is 0 Å². The van der Waals surface area contributed by atoms with Gasteiger partial charge in [0.2, 0.25) is 0 Å². The van der Waals surface area contributed by atoms with E-state index in [9.17, 15) is 0 Å². The first-order chi connectivity index (χ1) is 7.27. The molecule has 2 nitrogen and oxygen atoms in total. The van der Waals surface area contributed by atoms with Crippen molar-refractivity contribution in [1.29, 1.82) is 0 Å². The molecule has 1 atom stereocenters. The van der Waals surface area contributed by atoms with Gasteiger partial charge in [0.05, 0.1) is 0 Å². The van der Waals surface area contributed by atoms with E-state index >= 15 is 0 Å². The summed E-state index contributed by atoms with van der Waals surface area (Å²) in [4.78, 5) is 0. The molecular formula is C11H14Cl2N2. The van der Waals surface area contributed by atoms with Gasteiger partial charge in [-0.05, 0) is 24.1 Å². The van der Waals surface area contributed by atoms with Crippen LogP contribution in [0.25, 0.3) is 0 Å². The van der Waals surface area contributed by atoms with Gasteiger partial charge in [-0.15, -0.1) is 0 Å². The second-order valence-corrected chi connectivity index (χ2v) is 4.57. The molecule has 1 aliphatic rings. The Hall–Kier alpha value is -0.280. The predicted molar refractivity (Wildman–Crippen MR) is 64.8 cm³/mol. The molecule has 0 unspecified atom stereocenters. The normalized spacial score (nSPS) is 21.6. The standard InChI is InChI=1S/C11H14Cl2N2/c12-10-2-1-3-11(13)9(10)6-8-7-14-4-5-15-8/h1-3,8,14-15H,4-7H2/t8-/m1/s1. The average Bonchev–Trinajstić information content (AvgIpc) is 2.25. The summed E-state index contributed by atoms with van der Waals surface area (Å²) in [6, 6.07) is 6.08. The zero-order chi connectivity index (χ0) is 10.7. The number of piperazine rings is 1. The quantitative estimate of drug-likeness (QED) is 0.833. The first kappa shape index (κ1) is 11.2. The SMILES string of the molecule is Clc1cccc(Cl)c1C[C@@H]1CNCCN1. The number of halogens is 2. The van der Waals surface area contributed by atoms with E-state index < -0.39 is 0 Å². The molecule has 2 N–H and O–H groups in total. The van der Waals surface area contributed by atoms with Crippen molar-refractivity contribution in [2.45, 2.75) is 12.5 Å². The van der Waals surface area contributed by atoms with Crippen molar-refractivity contribution in [2.24, 2.45) is 0 Å². The van der Waals surface area contributed by atoms with Crippen molar-refractivity contribution in [1.82, 2.24) is 10.6 Å². The fraction of sp³-hybridized carbons (Fsp3) is 0.455. The molecule has 1 aliphatic heterocycles. The third kappa shape index (κ3) is 2.85. The van der Waals surface area contributed by atoms with Crippen molar-refractivity contribution in [3.05, 3.63) is 33.8 Å². The van der Waals surface area contributed by atoms with Gasteiger partial charge in [-0.3, -0.25) is 0 Å². The summed E-state index contributed by atoms with van der Waals surface area (Å²) in [7, 11) is 0. The lowest BCUT2D eigenvalue weighted by Gasteiger charge is -2.25. The lowest BCUT2D eigenvalue weighted by Crippen LogP contribution is -2.49. The number of hydrogen-bond donors (Lipinski definition) is 2. The Labute approximate surface area is 100.0 Å². The van der Waals surface area contributed by atoms with Crippen molar-refractivity contribution in [3.63, 3.8) is 0 Å². The van der Waals surface area contributed by atoms with Crippen LogP contribution in [0.15, 0.2) is 18.2 Å². The second kappa shape index (κ2) is 5.17. The fourth-order valence-corrected chi connectivity index (χ4v) is 2.38. The summed E-state index contributed by atoms with van der Waals surface area (Å²) in [5.41, 5.74) is 1.04. The van der Waals surface area contributed by atoms with E-state index in [0.29, 0.717) is 6.04 Å². The first-order valence-electron chi connectivity index (χ1n) is 5.14. The molecule has 0 spiro atoms. The zero-order valence-electron chi connectivity index (χ0n) is 8.39. The molecule has 0 amide bonds. The monoisotopic (exact) mass is 244 g/mol. The molecule has 2 rings (SSSR count). The highest BCUT2D eigenvalue weighted by Gasteiger charge is 2.15. The molecule has 0 bridgehead atoms. The van der Waals surface area contributed by atoms with Gasteiger partial charge >= 0.3 is 0 Å². The van der Waals surface area contributed by atoms with Gasteiger partial charge in [0.1, 0.15) is 0 Å². The van der Waals surface area contributed by atoms with E-state index in [1.807, 2.05) is 18.2 Å². The summed E-state index contributed by atoms with van der Waals surface area (Å²) < 4.78 is 0. The van der Waals surface area contributed by atoms with Gasteiger partial charge in [0, 0.05) is 35.7 Å². The van der Waals surface area contributed by atoms with Crippen LogP contribution in [0.1, 0.15) is 5.56 Å². The third-order valence-corrected chi connectivity index (χ3v) is 3.35. The number of hydrogen-bond acceptors (Lipinski definition) is 2. The van der Waals surface area contributed by atoms with Crippen molar-refractivity contribution < 1.29 is 0 Å². The van der Waals surface area contributed by atoms with Gasteiger partial charge in [-0.1, -0.05) is 29.3 Å². The summed E-state index contributed by atoms with van der Waals surface area (Å²) >= 11 is 12.2. The maximum atomic E-state index is 6.12. The van der Waals surface area contributed by atoms with E-state index in [1.165, 1.54) is 0 Å². The molecule has 82 valence electrons. The number of benzene rings is 1. The molecular weight excluding hydrogens is 231 g/mol. The van der Waals surface area contributed by atoms with Gasteiger partial charge in [-0.2, -0.15) is 0 Å². The lowest BCUT2D eigenvalue weighted by atomic mass is 10.0. The molecule has 1 aromatic carbocycles. The highest BCUT2D eigenvalue weighted by atomic mass is 35.5. The average molecular weight is 245 g/mol. The van der Waals surface area contributed by atoms with Crippen LogP contribution in [0.4, 0.5) is 0 Å². The summed E-state index contributed by atoms with van der Waals surface area (Å²) in [5, 5.41) is 8.31. The minimum Gasteiger partial charge on any atom is -0.314 e. The minimum atomic E-state index is 0.427. The molecule has 1 saturated heterocycles. The predicted octanol–water partition coefficient (Wildman–Crippen LogP) is 2.10. The van der Waals surface area contributed by atoms with Gasteiger partial charge in [0.15, 0.2) is 0 Å². The Kier molecular flexibility index (Phi) is 3.87. The largest absolute Gasteiger partial charge is 0.314 e. The second-order valence-electron chi connectivity index (χ2n) is 3.76. The summed E-state index contributed by atoms with van der Waals surface area (Å²) in [5.74, 6) is 0. The Bertz CT molecular complexity index is 315. The molecule has 15 heavy (non-hydrogen) atoms. The Morgan fingerprint density at radius 2 is 1.93 bits per heavy atom. The van der Waals surface area contributed by atoms with Crippen molar-refractivity contribution in [2.75, 3.05) is 19.6 Å². The molecule has 0 aliphatic carbocycles. The zero-order valence-corrected chi connectivity index (χ0v) is 9.91. The third-order valence-electron chi connectivity index (χ3n) is 2.64. The van der Waals surface area contributed by atoms with Crippen LogP contribution >= 0.6 is 23.2 Å². The van der Waals surface area contributed by atoms with E-state index in [0.717, 1.165) is 41.7 Å². The maximum Gasteiger partial charge on any atom is 0.0453 e. The van der Waals surface area contributed by atoms with Crippen molar-refractivity contribution in [3.8, 4) is 0 Å². The fourth-order valence-electron chi connectivity index (χ4n) is 1.83. The van der Waals surface area contributed by atoms with Crippen molar-refractivity contribution >= 4 is 23.2 Å². The van der Waals surface area contributed by atoms with Gasteiger partial charge < -0.3 is 10.6 Å². The highest BCUT2D eigenvalue weighted by Crippen LogP contribution is 2.25. The minimum absolute atomic E-state index is 0.427. The van der Waals surface area contributed by atoms with Crippen LogP contribution in [-0.4, -0.2) is 25.7 Å². The highest BCUT2D eigenvalue weighted by molar-refractivity contribution is 6.35. The molecule has 1 heterocycles. The first-order valence-corrected chi connectivity index (χ1v) is 5.90. The molecule has 0 saturated carbocycles. The Balaban J connectivity index is 2.09. The molecule has 0 radical (unpaired) electrons. The molecule has 1 fully saturated rings. The maximum absolute atomic E-state index is 6.12. The van der Waals surface area contributed by atoms with E-state index in [-0.39, 0.29) is 0 Å². The van der Waals surface area contributed by atoms with Gasteiger partial charge in [-0.25, -0.2) is 0 Å². The van der Waals surface area contributed by atoms with Crippen LogP contribution in [-0.2, 0) is 6.42 Å². The molecule has 0 aromatic heterocycles. The smallest absolute Gasteiger partial charge is 0.0453 e. The molecule has 1 aromatic rings. The summed E-state index contributed by atoms with van der Waals surface area (Å²) in [6.45, 7) is 3.01. The van der Waals surface area contributed by atoms with Crippen LogP contribution in [0, 0.1) is 0 Å². The van der Waals surface area contributed by atoms with Crippen LogP contribution < -0.4 is 10.6 Å². The van der Waals surface area contributed by atoms with Crippen LogP contribution in [0.3, 0.4) is 0 Å². The van der Waals surface area contributed by atoms with Crippen LogP contribution in [0.5, 0.6) is 0 Å². The van der Waals surface area contributed by atoms with Gasteiger partial charge in [0.25, 0.3) is 0 Å². The van der Waals surface area contributed by atoms with E-state index in [4.69, 9.17) is 23.2 Å². The van der Waals surface area contributed by atoms with Crippen LogP contribution in [0.2, 0.25) is 10.0 Å². The summed E-state index contributed by atoms with van der Waals surface area (Å²) in [6.07, 6.45) is 0.880. The molecule has 4 heteroatoms. The number of nitrogens with one attached hydrogen (secondary N) is 2. The number of rotatable bonds is 2. The topological polar surface area (TPSA) is 24.1 Å². The lowest BCUT2D eigenvalue weighted by molar-refractivity contribution is 0.417. The Morgan fingerprint density at radius 1 is 1.20 bits per heavy atom. The van der Waals surface area contributed by atoms with E-state index in [2.05, 4.69) is 10.6 Å². The Morgan fingerprint density at radius 3 is 2.53 bits per heavy atom.